The summed E-state index contributed by atoms with van der Waals surface area (Å²) in [6.45, 7) is 5.69. The van der Waals surface area contributed by atoms with Gasteiger partial charge in [-0.1, -0.05) is 49.1 Å². The fraction of sp³-hybridized carbons (Fsp3) is 0.0714. The van der Waals surface area contributed by atoms with Crippen LogP contribution in [0.15, 0.2) is 71.9 Å². The Kier molecular flexibility index (Phi) is 5.42. The van der Waals surface area contributed by atoms with Crippen LogP contribution in [0.3, 0.4) is 0 Å². The number of anilines is 1. The SMILES string of the molecule is C=CC(/C=N/Nc1ccccc1)=C\C=C/C. The molecule has 0 spiro atoms. The van der Waals surface area contributed by atoms with Gasteiger partial charge < -0.3 is 0 Å². The number of hydrogen-bond acceptors (Lipinski definition) is 2. The van der Waals surface area contributed by atoms with Crippen molar-refractivity contribution in [1.82, 2.24) is 0 Å². The van der Waals surface area contributed by atoms with Gasteiger partial charge in [-0.3, -0.25) is 5.43 Å². The summed E-state index contributed by atoms with van der Waals surface area (Å²) in [5.41, 5.74) is 4.87. The number of allylic oxidation sites excluding steroid dienone is 5. The molecule has 0 aromatic heterocycles. The van der Waals surface area contributed by atoms with E-state index in [4.69, 9.17) is 0 Å². The van der Waals surface area contributed by atoms with Gasteiger partial charge in [0.05, 0.1) is 11.9 Å². The largest absolute Gasteiger partial charge is 0.279 e. The molecule has 0 aliphatic heterocycles. The van der Waals surface area contributed by atoms with Crippen LogP contribution in [0, 0.1) is 0 Å². The van der Waals surface area contributed by atoms with Crippen molar-refractivity contribution in [3.63, 3.8) is 0 Å². The fourth-order valence-corrected chi connectivity index (χ4v) is 1.07. The average Bonchev–Trinajstić information content (AvgIpc) is 2.35. The molecule has 0 saturated carbocycles. The average molecular weight is 212 g/mol. The Balaban J connectivity index is 2.56. The van der Waals surface area contributed by atoms with Crippen molar-refractivity contribution in [3.05, 3.63) is 66.8 Å². The lowest BCUT2D eigenvalue weighted by molar-refractivity contribution is 1.35. The Bertz CT molecular complexity index is 400. The molecule has 1 rings (SSSR count). The zero-order valence-electron chi connectivity index (χ0n) is 9.43. The van der Waals surface area contributed by atoms with Crippen molar-refractivity contribution in [2.75, 3.05) is 5.43 Å². The minimum absolute atomic E-state index is 0.960. The third kappa shape index (κ3) is 4.42. The minimum Gasteiger partial charge on any atom is -0.279 e. The summed E-state index contributed by atoms with van der Waals surface area (Å²) in [5, 5.41) is 4.12. The molecular formula is C14H16N2. The number of hydrogen-bond donors (Lipinski definition) is 1. The van der Waals surface area contributed by atoms with Crippen LogP contribution in [0.2, 0.25) is 0 Å². The Morgan fingerprint density at radius 3 is 2.69 bits per heavy atom. The Morgan fingerprint density at radius 2 is 2.06 bits per heavy atom. The summed E-state index contributed by atoms with van der Waals surface area (Å²) in [4.78, 5) is 0. The zero-order valence-corrected chi connectivity index (χ0v) is 9.43. The van der Waals surface area contributed by atoms with Gasteiger partial charge in [0.2, 0.25) is 0 Å². The molecule has 1 N–H and O–H groups in total. The molecule has 0 unspecified atom stereocenters. The van der Waals surface area contributed by atoms with Crippen molar-refractivity contribution in [2.24, 2.45) is 5.10 Å². The number of rotatable bonds is 5. The van der Waals surface area contributed by atoms with E-state index in [1.165, 1.54) is 0 Å². The van der Waals surface area contributed by atoms with Gasteiger partial charge in [0.15, 0.2) is 0 Å². The predicted octanol–water partition coefficient (Wildman–Crippen LogP) is 3.77. The molecule has 2 heteroatoms. The number of hydrazone groups is 1. The van der Waals surface area contributed by atoms with Gasteiger partial charge in [-0.2, -0.15) is 5.10 Å². The smallest absolute Gasteiger partial charge is 0.0561 e. The second-order valence-corrected chi connectivity index (χ2v) is 3.13. The molecule has 82 valence electrons. The third-order valence-electron chi connectivity index (χ3n) is 1.90. The fourth-order valence-electron chi connectivity index (χ4n) is 1.07. The van der Waals surface area contributed by atoms with Gasteiger partial charge in [0.25, 0.3) is 0 Å². The number of para-hydroxylation sites is 1. The van der Waals surface area contributed by atoms with Crippen LogP contribution >= 0.6 is 0 Å². The highest BCUT2D eigenvalue weighted by molar-refractivity contribution is 5.83. The summed E-state index contributed by atoms with van der Waals surface area (Å²) >= 11 is 0. The highest BCUT2D eigenvalue weighted by Crippen LogP contribution is 2.04. The van der Waals surface area contributed by atoms with Gasteiger partial charge in [-0.05, 0) is 24.6 Å². The van der Waals surface area contributed by atoms with E-state index < -0.39 is 0 Å². The lowest BCUT2D eigenvalue weighted by Gasteiger charge is -1.98. The maximum absolute atomic E-state index is 4.12. The van der Waals surface area contributed by atoms with E-state index in [-0.39, 0.29) is 0 Å². The zero-order chi connectivity index (χ0) is 11.6. The first-order chi connectivity index (χ1) is 7.86. The van der Waals surface area contributed by atoms with Crippen molar-refractivity contribution < 1.29 is 0 Å². The maximum atomic E-state index is 4.12. The highest BCUT2D eigenvalue weighted by Gasteiger charge is 1.85. The molecule has 1 aromatic carbocycles. The third-order valence-corrected chi connectivity index (χ3v) is 1.90. The summed E-state index contributed by atoms with van der Waals surface area (Å²) < 4.78 is 0. The molecular weight excluding hydrogens is 196 g/mol. The minimum atomic E-state index is 0.960. The number of nitrogens with one attached hydrogen (secondary N) is 1. The van der Waals surface area contributed by atoms with Crippen molar-refractivity contribution in [3.8, 4) is 0 Å². The van der Waals surface area contributed by atoms with Crippen LogP contribution in [0.25, 0.3) is 0 Å². The van der Waals surface area contributed by atoms with Gasteiger partial charge in [0, 0.05) is 0 Å². The quantitative estimate of drug-likeness (QED) is 0.448. The number of benzene rings is 1. The van der Waals surface area contributed by atoms with Crippen LogP contribution in [0.5, 0.6) is 0 Å². The molecule has 16 heavy (non-hydrogen) atoms. The lowest BCUT2D eigenvalue weighted by Crippen LogP contribution is -1.89. The van der Waals surface area contributed by atoms with Gasteiger partial charge in [0.1, 0.15) is 0 Å². The van der Waals surface area contributed by atoms with E-state index in [1.54, 1.807) is 12.3 Å². The normalized spacial score (nSPS) is 12.2. The molecule has 0 saturated heterocycles. The van der Waals surface area contributed by atoms with E-state index in [2.05, 4.69) is 17.1 Å². The van der Waals surface area contributed by atoms with Crippen molar-refractivity contribution >= 4 is 11.9 Å². The molecule has 2 nitrogen and oxygen atoms in total. The molecule has 0 atom stereocenters. The molecule has 0 fully saturated rings. The summed E-state index contributed by atoms with van der Waals surface area (Å²) in [7, 11) is 0. The van der Waals surface area contributed by atoms with Crippen LogP contribution in [0.4, 0.5) is 5.69 Å². The van der Waals surface area contributed by atoms with Gasteiger partial charge >= 0.3 is 0 Å². The Morgan fingerprint density at radius 1 is 1.31 bits per heavy atom. The van der Waals surface area contributed by atoms with Crippen LogP contribution in [0.1, 0.15) is 6.92 Å². The second-order valence-electron chi connectivity index (χ2n) is 3.13. The van der Waals surface area contributed by atoms with Crippen molar-refractivity contribution in [1.29, 1.82) is 0 Å². The molecule has 1 aromatic rings. The first-order valence-electron chi connectivity index (χ1n) is 5.16. The molecule has 0 heterocycles. The second kappa shape index (κ2) is 7.23. The topological polar surface area (TPSA) is 24.4 Å². The summed E-state index contributed by atoms with van der Waals surface area (Å²) in [6.07, 6.45) is 9.35. The molecule has 0 amide bonds. The van der Waals surface area contributed by atoms with Crippen LogP contribution in [-0.4, -0.2) is 6.21 Å². The van der Waals surface area contributed by atoms with E-state index in [0.717, 1.165) is 11.3 Å². The van der Waals surface area contributed by atoms with Crippen LogP contribution < -0.4 is 5.43 Å². The van der Waals surface area contributed by atoms with E-state index >= 15 is 0 Å². The summed E-state index contributed by atoms with van der Waals surface area (Å²) in [5.74, 6) is 0. The first-order valence-corrected chi connectivity index (χ1v) is 5.16. The van der Waals surface area contributed by atoms with Gasteiger partial charge in [-0.25, -0.2) is 0 Å². The maximum Gasteiger partial charge on any atom is 0.0561 e. The van der Waals surface area contributed by atoms with Crippen LogP contribution in [-0.2, 0) is 0 Å². The molecule has 0 bridgehead atoms. The van der Waals surface area contributed by atoms with E-state index in [9.17, 15) is 0 Å². The molecule has 0 aliphatic carbocycles. The van der Waals surface area contributed by atoms with Crippen molar-refractivity contribution in [2.45, 2.75) is 6.92 Å². The van der Waals surface area contributed by atoms with Gasteiger partial charge in [-0.15, -0.1) is 0 Å². The predicted molar refractivity (Wildman–Crippen MR) is 71.7 cm³/mol. The standard InChI is InChI=1S/C14H16N2/c1-3-5-9-13(4-2)12-15-16-14-10-7-6-8-11-14/h3-12,16H,2H2,1H3/b5-3-,13-9+,15-12+. The molecule has 0 radical (unpaired) electrons. The molecule has 0 aliphatic rings. The summed E-state index contributed by atoms with van der Waals surface area (Å²) in [6, 6.07) is 9.81. The lowest BCUT2D eigenvalue weighted by atomic mass is 10.2. The first kappa shape index (κ1) is 12.0. The Hall–Kier alpha value is -2.09. The number of nitrogens with zero attached hydrogens (tertiary/aromatic N) is 1. The Labute approximate surface area is 96.7 Å². The highest BCUT2D eigenvalue weighted by atomic mass is 15.3. The van der Waals surface area contributed by atoms with E-state index in [0.29, 0.717) is 0 Å². The van der Waals surface area contributed by atoms with E-state index in [1.807, 2.05) is 55.5 Å². The monoisotopic (exact) mass is 212 g/mol.